The predicted octanol–water partition coefficient (Wildman–Crippen LogP) is 3.36. The van der Waals surface area contributed by atoms with E-state index in [4.69, 9.17) is 18.9 Å². The van der Waals surface area contributed by atoms with Crippen LogP contribution in [0, 0.1) is 5.82 Å². The number of halogens is 1. The molecule has 0 spiro atoms. The summed E-state index contributed by atoms with van der Waals surface area (Å²) >= 11 is 0. The van der Waals surface area contributed by atoms with Crippen molar-refractivity contribution in [3.63, 3.8) is 0 Å². The van der Waals surface area contributed by atoms with E-state index in [1.807, 2.05) is 0 Å². The van der Waals surface area contributed by atoms with Crippen LogP contribution in [-0.4, -0.2) is 26.9 Å². The third-order valence-corrected chi connectivity index (χ3v) is 3.78. The lowest BCUT2D eigenvalue weighted by Gasteiger charge is -2.19. The highest BCUT2D eigenvalue weighted by atomic mass is 19.1. The number of hydrogen-bond donors (Lipinski definition) is 1. The van der Waals surface area contributed by atoms with E-state index in [1.165, 1.54) is 31.4 Å². The maximum absolute atomic E-state index is 13.7. The molecule has 0 aromatic heterocycles. The van der Waals surface area contributed by atoms with E-state index >= 15 is 0 Å². The number of amides is 1. The Morgan fingerprint density at radius 2 is 2.08 bits per heavy atom. The first-order valence-electron chi connectivity index (χ1n) is 7.84. The van der Waals surface area contributed by atoms with Crippen LogP contribution < -0.4 is 19.5 Å². The second kappa shape index (κ2) is 7.88. The average Bonchev–Trinajstić information content (AvgIpc) is 2.66. The molecule has 0 radical (unpaired) electrons. The minimum atomic E-state index is -0.422. The monoisotopic (exact) mass is 359 g/mol. The molecule has 1 heterocycles. The first-order valence-corrected chi connectivity index (χ1v) is 7.84. The van der Waals surface area contributed by atoms with Gasteiger partial charge in [-0.3, -0.25) is 4.79 Å². The van der Waals surface area contributed by atoms with Gasteiger partial charge in [0.2, 0.25) is 5.91 Å². The van der Waals surface area contributed by atoms with Gasteiger partial charge in [0, 0.05) is 23.3 Å². The summed E-state index contributed by atoms with van der Waals surface area (Å²) in [5.41, 5.74) is 1.57. The number of carbonyl (C=O) groups excluding carboxylic acids is 1. The topological polar surface area (TPSA) is 66.0 Å². The Labute approximate surface area is 150 Å². The van der Waals surface area contributed by atoms with Gasteiger partial charge in [-0.2, -0.15) is 0 Å². The third kappa shape index (κ3) is 3.94. The zero-order valence-corrected chi connectivity index (χ0v) is 14.4. The van der Waals surface area contributed by atoms with E-state index in [0.29, 0.717) is 34.1 Å². The molecule has 2 aromatic rings. The molecule has 0 atom stereocenters. The van der Waals surface area contributed by atoms with Crippen molar-refractivity contribution >= 4 is 17.7 Å². The van der Waals surface area contributed by atoms with Gasteiger partial charge >= 0.3 is 0 Å². The minimum absolute atomic E-state index is 0.0920. The fourth-order valence-electron chi connectivity index (χ4n) is 2.57. The molecule has 1 aliphatic heterocycles. The lowest BCUT2D eigenvalue weighted by Crippen LogP contribution is -2.13. The van der Waals surface area contributed by atoms with Crippen LogP contribution in [0.4, 0.5) is 10.1 Å². The SMILES string of the molecule is COc1ccc(NC(=O)C=Cc2cc(F)cc3c2OCOC3)c(OC)c1. The molecule has 0 unspecified atom stereocenters. The zero-order valence-electron chi connectivity index (χ0n) is 14.4. The van der Waals surface area contributed by atoms with Gasteiger partial charge in [0.15, 0.2) is 6.79 Å². The molecule has 0 bridgehead atoms. The third-order valence-electron chi connectivity index (χ3n) is 3.78. The highest BCUT2D eigenvalue weighted by Crippen LogP contribution is 2.31. The number of benzene rings is 2. The van der Waals surface area contributed by atoms with Gasteiger partial charge in [-0.25, -0.2) is 4.39 Å². The van der Waals surface area contributed by atoms with E-state index in [-0.39, 0.29) is 13.4 Å². The van der Waals surface area contributed by atoms with Crippen LogP contribution in [0.2, 0.25) is 0 Å². The molecule has 136 valence electrons. The summed E-state index contributed by atoms with van der Waals surface area (Å²) in [7, 11) is 3.04. The summed E-state index contributed by atoms with van der Waals surface area (Å²) in [6.45, 7) is 0.359. The highest BCUT2D eigenvalue weighted by molar-refractivity contribution is 6.03. The lowest BCUT2D eigenvalue weighted by molar-refractivity contribution is -0.111. The maximum Gasteiger partial charge on any atom is 0.248 e. The summed E-state index contributed by atoms with van der Waals surface area (Å²) in [5, 5.41) is 2.71. The van der Waals surface area contributed by atoms with Gasteiger partial charge in [0.25, 0.3) is 0 Å². The number of ether oxygens (including phenoxy) is 4. The van der Waals surface area contributed by atoms with Crippen LogP contribution in [0.25, 0.3) is 6.08 Å². The molecule has 0 saturated heterocycles. The number of fused-ring (bicyclic) bond motifs is 1. The number of rotatable bonds is 5. The second-order valence-corrected chi connectivity index (χ2v) is 5.48. The Morgan fingerprint density at radius 1 is 1.23 bits per heavy atom. The van der Waals surface area contributed by atoms with Crippen molar-refractivity contribution in [2.24, 2.45) is 0 Å². The molecule has 1 aliphatic rings. The van der Waals surface area contributed by atoms with E-state index in [0.717, 1.165) is 0 Å². The number of nitrogens with one attached hydrogen (secondary N) is 1. The maximum atomic E-state index is 13.7. The van der Waals surface area contributed by atoms with Crippen molar-refractivity contribution < 1.29 is 28.1 Å². The summed E-state index contributed by atoms with van der Waals surface area (Å²) in [4.78, 5) is 12.2. The molecular weight excluding hydrogens is 341 g/mol. The van der Waals surface area contributed by atoms with Gasteiger partial charge in [-0.15, -0.1) is 0 Å². The molecule has 6 nitrogen and oxygen atoms in total. The van der Waals surface area contributed by atoms with Crippen LogP contribution in [0.3, 0.4) is 0 Å². The summed E-state index contributed by atoms with van der Waals surface area (Å²) < 4.78 is 34.6. The number of carbonyl (C=O) groups is 1. The van der Waals surface area contributed by atoms with Crippen LogP contribution >= 0.6 is 0 Å². The summed E-state index contributed by atoms with van der Waals surface area (Å²) in [6.07, 6.45) is 2.80. The number of anilines is 1. The van der Waals surface area contributed by atoms with Crippen molar-refractivity contribution in [3.8, 4) is 17.2 Å². The number of hydrogen-bond acceptors (Lipinski definition) is 5. The zero-order chi connectivity index (χ0) is 18.5. The Balaban J connectivity index is 1.78. The Bertz CT molecular complexity index is 850. The van der Waals surface area contributed by atoms with Gasteiger partial charge in [-0.1, -0.05) is 0 Å². The quantitative estimate of drug-likeness (QED) is 0.830. The van der Waals surface area contributed by atoms with Gasteiger partial charge in [-0.05, 0) is 30.3 Å². The summed E-state index contributed by atoms with van der Waals surface area (Å²) in [6, 6.07) is 7.71. The molecule has 0 aliphatic carbocycles. The molecule has 0 fully saturated rings. The van der Waals surface area contributed by atoms with E-state index in [1.54, 1.807) is 25.3 Å². The molecule has 7 heteroatoms. The van der Waals surface area contributed by atoms with Crippen LogP contribution in [0.1, 0.15) is 11.1 Å². The smallest absolute Gasteiger partial charge is 0.248 e. The van der Waals surface area contributed by atoms with E-state index < -0.39 is 11.7 Å². The fourth-order valence-corrected chi connectivity index (χ4v) is 2.57. The van der Waals surface area contributed by atoms with Crippen molar-refractivity contribution in [3.05, 3.63) is 53.4 Å². The van der Waals surface area contributed by atoms with Gasteiger partial charge in [0.1, 0.15) is 23.1 Å². The van der Waals surface area contributed by atoms with Crippen LogP contribution in [-0.2, 0) is 16.1 Å². The highest BCUT2D eigenvalue weighted by Gasteiger charge is 2.16. The van der Waals surface area contributed by atoms with E-state index in [9.17, 15) is 9.18 Å². The predicted molar refractivity (Wildman–Crippen MR) is 93.9 cm³/mol. The first kappa shape index (κ1) is 17.8. The van der Waals surface area contributed by atoms with Crippen molar-refractivity contribution in [2.75, 3.05) is 26.3 Å². The molecule has 3 rings (SSSR count). The molecule has 0 saturated carbocycles. The standard InChI is InChI=1S/C19H18FNO5/c1-23-15-4-5-16(17(9-15)24-2)21-18(22)6-3-12-7-14(20)8-13-10-25-11-26-19(12)13/h3-9H,10-11H2,1-2H3,(H,21,22). The lowest BCUT2D eigenvalue weighted by atomic mass is 10.1. The Hall–Kier alpha value is -3.06. The van der Waals surface area contributed by atoms with E-state index in [2.05, 4.69) is 5.32 Å². The summed E-state index contributed by atoms with van der Waals surface area (Å²) in [5.74, 6) is 0.785. The Kier molecular flexibility index (Phi) is 5.38. The normalized spacial score (nSPS) is 13.0. The molecule has 26 heavy (non-hydrogen) atoms. The van der Waals surface area contributed by atoms with Crippen molar-refractivity contribution in [1.82, 2.24) is 0 Å². The second-order valence-electron chi connectivity index (χ2n) is 5.48. The van der Waals surface area contributed by atoms with Gasteiger partial charge in [0.05, 0.1) is 26.5 Å². The largest absolute Gasteiger partial charge is 0.497 e. The number of methoxy groups -OCH3 is 2. The fraction of sp³-hybridized carbons (Fsp3) is 0.211. The van der Waals surface area contributed by atoms with Crippen LogP contribution in [0.15, 0.2) is 36.4 Å². The first-order chi connectivity index (χ1) is 12.6. The van der Waals surface area contributed by atoms with Crippen LogP contribution in [0.5, 0.6) is 17.2 Å². The molecule has 1 amide bonds. The van der Waals surface area contributed by atoms with Gasteiger partial charge < -0.3 is 24.3 Å². The minimum Gasteiger partial charge on any atom is -0.497 e. The van der Waals surface area contributed by atoms with Crippen molar-refractivity contribution in [1.29, 1.82) is 0 Å². The molecule has 2 aromatic carbocycles. The average molecular weight is 359 g/mol. The Morgan fingerprint density at radius 3 is 2.85 bits per heavy atom. The molecular formula is C19H18FNO5. The van der Waals surface area contributed by atoms with Crippen molar-refractivity contribution in [2.45, 2.75) is 6.61 Å². The molecule has 1 N–H and O–H groups in total.